The lowest BCUT2D eigenvalue weighted by atomic mass is 10.2. The molecule has 1 atom stereocenters. The molecule has 2 N–H and O–H groups in total. The van der Waals surface area contributed by atoms with Crippen LogP contribution in [0.25, 0.3) is 0 Å². The third-order valence-corrected chi connectivity index (χ3v) is 3.80. The highest BCUT2D eigenvalue weighted by atomic mass is 35.5. The van der Waals surface area contributed by atoms with E-state index in [9.17, 15) is 4.79 Å². The Bertz CT molecular complexity index is 408. The van der Waals surface area contributed by atoms with E-state index in [0.717, 1.165) is 17.9 Å². The van der Waals surface area contributed by atoms with Gasteiger partial charge in [-0.2, -0.15) is 11.8 Å². The first kappa shape index (κ1) is 11.5. The standard InChI is InChI=1S/C10H11ClN2O2S/c11-7-1-2-8(13-9(7)10(14)15)12-6-3-4-16-5-6/h1-2,6H,3-5H2,(H,12,13)(H,14,15). The molecule has 2 rings (SSSR count). The third-order valence-electron chi connectivity index (χ3n) is 2.33. The minimum atomic E-state index is -1.10. The summed E-state index contributed by atoms with van der Waals surface area (Å²) in [6, 6.07) is 3.64. The number of thioether (sulfide) groups is 1. The Labute approximate surface area is 102 Å². The maximum Gasteiger partial charge on any atom is 0.356 e. The molecule has 0 saturated carbocycles. The molecule has 0 bridgehead atoms. The molecule has 86 valence electrons. The Morgan fingerprint density at radius 1 is 1.62 bits per heavy atom. The molecule has 0 amide bonds. The number of nitrogens with one attached hydrogen (secondary N) is 1. The average Bonchev–Trinajstić information content (AvgIpc) is 2.73. The predicted octanol–water partition coefficient (Wildman–Crippen LogP) is 2.35. The third kappa shape index (κ3) is 2.59. The number of nitrogens with zero attached hydrogens (tertiary/aromatic N) is 1. The van der Waals surface area contributed by atoms with Crippen LogP contribution in [0.3, 0.4) is 0 Å². The Balaban J connectivity index is 2.15. The first-order valence-corrected chi connectivity index (χ1v) is 6.44. The number of carboxylic acid groups (broad SMARTS) is 1. The second kappa shape index (κ2) is 4.93. The maximum absolute atomic E-state index is 10.8. The molecule has 1 saturated heterocycles. The SMILES string of the molecule is O=C(O)c1nc(NC2CCSC2)ccc1Cl. The lowest BCUT2D eigenvalue weighted by molar-refractivity contribution is 0.0691. The molecular weight excluding hydrogens is 248 g/mol. The smallest absolute Gasteiger partial charge is 0.356 e. The van der Waals surface area contributed by atoms with Crippen molar-refractivity contribution >= 4 is 35.1 Å². The lowest BCUT2D eigenvalue weighted by Crippen LogP contribution is -2.19. The number of carboxylic acids is 1. The zero-order chi connectivity index (χ0) is 11.5. The summed E-state index contributed by atoms with van der Waals surface area (Å²) in [6.07, 6.45) is 1.08. The Morgan fingerprint density at radius 3 is 3.06 bits per heavy atom. The maximum atomic E-state index is 10.8. The number of halogens is 1. The van der Waals surface area contributed by atoms with E-state index in [2.05, 4.69) is 10.3 Å². The first-order valence-electron chi connectivity index (χ1n) is 4.91. The molecule has 1 unspecified atom stereocenters. The van der Waals surface area contributed by atoms with Crippen molar-refractivity contribution in [1.82, 2.24) is 4.98 Å². The van der Waals surface area contributed by atoms with E-state index < -0.39 is 5.97 Å². The highest BCUT2D eigenvalue weighted by Crippen LogP contribution is 2.22. The molecule has 1 fully saturated rings. The van der Waals surface area contributed by atoms with Crippen molar-refractivity contribution in [2.75, 3.05) is 16.8 Å². The van der Waals surface area contributed by atoms with Crippen molar-refractivity contribution in [3.05, 3.63) is 22.8 Å². The zero-order valence-electron chi connectivity index (χ0n) is 8.44. The van der Waals surface area contributed by atoms with Gasteiger partial charge in [-0.05, 0) is 24.3 Å². The summed E-state index contributed by atoms with van der Waals surface area (Å²) in [5.41, 5.74) is -0.0997. The molecular formula is C10H11ClN2O2S. The van der Waals surface area contributed by atoms with Crippen LogP contribution in [0.1, 0.15) is 16.9 Å². The van der Waals surface area contributed by atoms with Gasteiger partial charge < -0.3 is 10.4 Å². The van der Waals surface area contributed by atoms with E-state index in [-0.39, 0.29) is 10.7 Å². The number of aromatic carboxylic acids is 1. The van der Waals surface area contributed by atoms with Crippen molar-refractivity contribution in [3.63, 3.8) is 0 Å². The van der Waals surface area contributed by atoms with Gasteiger partial charge in [0.2, 0.25) is 0 Å². The molecule has 2 heterocycles. The molecule has 6 heteroatoms. The van der Waals surface area contributed by atoms with Gasteiger partial charge in [-0.15, -0.1) is 0 Å². The van der Waals surface area contributed by atoms with Crippen molar-refractivity contribution in [3.8, 4) is 0 Å². The molecule has 16 heavy (non-hydrogen) atoms. The van der Waals surface area contributed by atoms with E-state index in [0.29, 0.717) is 11.9 Å². The van der Waals surface area contributed by atoms with Crippen LogP contribution < -0.4 is 5.32 Å². The summed E-state index contributed by atoms with van der Waals surface area (Å²) in [6.45, 7) is 0. The number of aromatic nitrogens is 1. The van der Waals surface area contributed by atoms with E-state index in [1.807, 2.05) is 11.8 Å². The number of rotatable bonds is 3. The van der Waals surface area contributed by atoms with Crippen molar-refractivity contribution < 1.29 is 9.90 Å². The van der Waals surface area contributed by atoms with Gasteiger partial charge in [0.05, 0.1) is 5.02 Å². The van der Waals surface area contributed by atoms with Gasteiger partial charge >= 0.3 is 5.97 Å². The van der Waals surface area contributed by atoms with Crippen LogP contribution in [0.2, 0.25) is 5.02 Å². The molecule has 1 aliphatic rings. The first-order chi connectivity index (χ1) is 7.66. The summed E-state index contributed by atoms with van der Waals surface area (Å²) in [5.74, 6) is 1.65. The number of hydrogen-bond donors (Lipinski definition) is 2. The van der Waals surface area contributed by atoms with Crippen LogP contribution in [0.15, 0.2) is 12.1 Å². The fraction of sp³-hybridized carbons (Fsp3) is 0.400. The second-order valence-corrected chi connectivity index (χ2v) is 5.09. The normalized spacial score (nSPS) is 19.7. The van der Waals surface area contributed by atoms with Gasteiger partial charge in [0.1, 0.15) is 5.82 Å². The quantitative estimate of drug-likeness (QED) is 0.871. The van der Waals surface area contributed by atoms with Gasteiger partial charge in [0.15, 0.2) is 5.69 Å². The van der Waals surface area contributed by atoms with Crippen LogP contribution in [0, 0.1) is 0 Å². The molecule has 0 aromatic carbocycles. The number of anilines is 1. The van der Waals surface area contributed by atoms with Crippen LogP contribution in [0.5, 0.6) is 0 Å². The minimum absolute atomic E-state index is 0.0997. The monoisotopic (exact) mass is 258 g/mol. The summed E-state index contributed by atoms with van der Waals surface area (Å²) >= 11 is 7.62. The predicted molar refractivity (Wildman–Crippen MR) is 65.6 cm³/mol. The van der Waals surface area contributed by atoms with E-state index in [1.165, 1.54) is 0 Å². The van der Waals surface area contributed by atoms with E-state index >= 15 is 0 Å². The van der Waals surface area contributed by atoms with Crippen molar-refractivity contribution in [2.24, 2.45) is 0 Å². The summed E-state index contributed by atoms with van der Waals surface area (Å²) in [7, 11) is 0. The zero-order valence-corrected chi connectivity index (χ0v) is 10.0. The molecule has 1 aromatic rings. The topological polar surface area (TPSA) is 62.2 Å². The summed E-state index contributed by atoms with van der Waals surface area (Å²) < 4.78 is 0. The van der Waals surface area contributed by atoms with Gasteiger partial charge in [0, 0.05) is 11.8 Å². The van der Waals surface area contributed by atoms with E-state index in [1.54, 1.807) is 12.1 Å². The second-order valence-electron chi connectivity index (χ2n) is 3.54. The van der Waals surface area contributed by atoms with Crippen molar-refractivity contribution in [1.29, 1.82) is 0 Å². The Kier molecular flexibility index (Phi) is 3.56. The van der Waals surface area contributed by atoms with E-state index in [4.69, 9.17) is 16.7 Å². The van der Waals surface area contributed by atoms with Crippen LogP contribution in [-0.4, -0.2) is 33.6 Å². The average molecular weight is 259 g/mol. The molecule has 0 radical (unpaired) electrons. The fourth-order valence-corrected chi connectivity index (χ4v) is 2.87. The highest BCUT2D eigenvalue weighted by molar-refractivity contribution is 7.99. The largest absolute Gasteiger partial charge is 0.476 e. The fourth-order valence-electron chi connectivity index (χ4n) is 1.53. The lowest BCUT2D eigenvalue weighted by Gasteiger charge is -2.12. The number of pyridine rings is 1. The Morgan fingerprint density at radius 2 is 2.44 bits per heavy atom. The van der Waals surface area contributed by atoms with Crippen LogP contribution in [-0.2, 0) is 0 Å². The van der Waals surface area contributed by atoms with Crippen LogP contribution >= 0.6 is 23.4 Å². The van der Waals surface area contributed by atoms with Gasteiger partial charge in [-0.25, -0.2) is 9.78 Å². The Hall–Kier alpha value is -0.940. The van der Waals surface area contributed by atoms with Gasteiger partial charge in [0.25, 0.3) is 0 Å². The number of hydrogen-bond acceptors (Lipinski definition) is 4. The molecule has 1 aliphatic heterocycles. The van der Waals surface area contributed by atoms with Gasteiger partial charge in [-0.3, -0.25) is 0 Å². The van der Waals surface area contributed by atoms with Crippen molar-refractivity contribution in [2.45, 2.75) is 12.5 Å². The molecule has 0 spiro atoms. The molecule has 1 aromatic heterocycles. The molecule has 0 aliphatic carbocycles. The molecule has 4 nitrogen and oxygen atoms in total. The highest BCUT2D eigenvalue weighted by Gasteiger charge is 2.17. The summed E-state index contributed by atoms with van der Waals surface area (Å²) in [4.78, 5) is 14.8. The minimum Gasteiger partial charge on any atom is -0.476 e. The summed E-state index contributed by atoms with van der Waals surface area (Å²) in [5, 5.41) is 12.2. The van der Waals surface area contributed by atoms with Gasteiger partial charge in [-0.1, -0.05) is 11.6 Å². The van der Waals surface area contributed by atoms with Crippen LogP contribution in [0.4, 0.5) is 5.82 Å². The number of carbonyl (C=O) groups is 1.